The van der Waals surface area contributed by atoms with E-state index in [2.05, 4.69) is 238 Å². The summed E-state index contributed by atoms with van der Waals surface area (Å²) in [5.41, 5.74) is 13.5. The average Bonchev–Trinajstić information content (AvgIpc) is 3.96. The number of hydrogen-bond donors (Lipinski definition) is 0. The number of aromatic nitrogens is 3. The van der Waals surface area contributed by atoms with Crippen LogP contribution in [-0.4, -0.2) is 14.1 Å². The van der Waals surface area contributed by atoms with E-state index in [1.807, 2.05) is 18.3 Å². The third-order valence-electron chi connectivity index (χ3n) is 15.2. The normalized spacial score (nSPS) is 12.5. The van der Waals surface area contributed by atoms with E-state index < -0.39 is 0 Å². The van der Waals surface area contributed by atoms with Crippen molar-refractivity contribution in [2.24, 2.45) is 0 Å². The summed E-state index contributed by atoms with van der Waals surface area (Å²) < 4.78 is 11.6. The molecular formula is C67H40N4O. The van der Waals surface area contributed by atoms with Gasteiger partial charge in [-0.15, -0.1) is 0 Å². The Balaban J connectivity index is 0.845. The standard InChI is InChI=1S/C67H40N4O/c1-2-16-48-41(13-1)14-11-19-49(48)42-26-31-47(32-27-42)69-59-23-7-8-24-62(59)72-63-40-45(30-35-60(63)69)44-29-34-58-54(37-44)50-17-3-5-21-56(50)70(58)61-39-46-38-55-51-18-4-6-22-57(51)71(64-25-9-10-36-68-64)67(55)53-33-28-43-15-12-20-52(61)65(43)66(46)53/h1-40H. The fourth-order valence-electron chi connectivity index (χ4n) is 12.1. The molecule has 0 unspecified atom stereocenters. The van der Waals surface area contributed by atoms with E-state index in [0.717, 1.165) is 56.5 Å². The van der Waals surface area contributed by atoms with Crippen molar-refractivity contribution < 1.29 is 4.74 Å². The number of anilines is 3. The molecule has 0 fully saturated rings. The second kappa shape index (κ2) is 14.9. The molecule has 0 saturated heterocycles. The van der Waals surface area contributed by atoms with Crippen LogP contribution in [0, 0.1) is 0 Å². The van der Waals surface area contributed by atoms with Gasteiger partial charge in [0.1, 0.15) is 5.82 Å². The van der Waals surface area contributed by atoms with Crippen LogP contribution >= 0.6 is 0 Å². The van der Waals surface area contributed by atoms with Crippen LogP contribution in [0.4, 0.5) is 17.1 Å². The van der Waals surface area contributed by atoms with E-state index in [-0.39, 0.29) is 0 Å². The molecule has 5 heteroatoms. The van der Waals surface area contributed by atoms with Crippen LogP contribution < -0.4 is 9.64 Å². The lowest BCUT2D eigenvalue weighted by atomic mass is 9.91. The van der Waals surface area contributed by atoms with Crippen LogP contribution in [-0.2, 0) is 0 Å². The molecule has 12 aromatic carbocycles. The molecule has 72 heavy (non-hydrogen) atoms. The molecule has 1 aliphatic heterocycles. The molecule has 0 N–H and O–H groups in total. The van der Waals surface area contributed by atoms with Gasteiger partial charge in [0.15, 0.2) is 11.5 Å². The van der Waals surface area contributed by atoms with Gasteiger partial charge in [0.05, 0.1) is 39.1 Å². The Bertz CT molecular complexity index is 4710. The van der Waals surface area contributed by atoms with Gasteiger partial charge >= 0.3 is 0 Å². The molecule has 334 valence electrons. The summed E-state index contributed by atoms with van der Waals surface area (Å²) in [6.45, 7) is 0. The van der Waals surface area contributed by atoms with Gasteiger partial charge in [0, 0.05) is 44.2 Å². The van der Waals surface area contributed by atoms with Crippen LogP contribution in [0.5, 0.6) is 11.5 Å². The van der Waals surface area contributed by atoms with Crippen molar-refractivity contribution in [2.75, 3.05) is 4.90 Å². The summed E-state index contributed by atoms with van der Waals surface area (Å²) in [6.07, 6.45) is 1.88. The first-order chi connectivity index (χ1) is 35.7. The van der Waals surface area contributed by atoms with Crippen molar-refractivity contribution in [1.82, 2.24) is 14.1 Å². The first kappa shape index (κ1) is 39.2. The lowest BCUT2D eigenvalue weighted by Gasteiger charge is -2.33. The largest absolute Gasteiger partial charge is 0.453 e. The molecule has 16 rings (SSSR count). The second-order valence-corrected chi connectivity index (χ2v) is 19.1. The monoisotopic (exact) mass is 916 g/mol. The van der Waals surface area contributed by atoms with Crippen LogP contribution in [0.1, 0.15) is 0 Å². The number of fused-ring (bicyclic) bond motifs is 10. The predicted octanol–water partition coefficient (Wildman–Crippen LogP) is 18.2. The molecule has 0 saturated carbocycles. The van der Waals surface area contributed by atoms with Crippen molar-refractivity contribution in [1.29, 1.82) is 0 Å². The highest BCUT2D eigenvalue weighted by Gasteiger charge is 2.27. The summed E-state index contributed by atoms with van der Waals surface area (Å²) in [5, 5.41) is 14.8. The molecule has 1 aliphatic rings. The number of benzene rings is 12. The van der Waals surface area contributed by atoms with Crippen molar-refractivity contribution in [2.45, 2.75) is 0 Å². The highest BCUT2D eigenvalue weighted by Crippen LogP contribution is 2.52. The zero-order valence-corrected chi connectivity index (χ0v) is 38.8. The molecule has 0 atom stereocenters. The summed E-state index contributed by atoms with van der Waals surface area (Å²) in [5.74, 6) is 2.56. The minimum Gasteiger partial charge on any atom is -0.453 e. The molecule has 4 heterocycles. The first-order valence-corrected chi connectivity index (χ1v) is 24.6. The molecule has 0 bridgehead atoms. The first-order valence-electron chi connectivity index (χ1n) is 24.6. The van der Waals surface area contributed by atoms with Gasteiger partial charge in [-0.2, -0.15) is 0 Å². The van der Waals surface area contributed by atoms with Gasteiger partial charge < -0.3 is 14.2 Å². The summed E-state index contributed by atoms with van der Waals surface area (Å²) in [6, 6.07) is 85.9. The van der Waals surface area contributed by atoms with Crippen molar-refractivity contribution in [3.8, 4) is 45.3 Å². The van der Waals surface area contributed by atoms with E-state index in [4.69, 9.17) is 9.72 Å². The smallest absolute Gasteiger partial charge is 0.152 e. The molecule has 0 radical (unpaired) electrons. The Hall–Kier alpha value is -9.71. The van der Waals surface area contributed by atoms with Gasteiger partial charge in [-0.25, -0.2) is 4.98 Å². The second-order valence-electron chi connectivity index (χ2n) is 19.1. The van der Waals surface area contributed by atoms with Crippen molar-refractivity contribution in [3.05, 3.63) is 243 Å². The maximum Gasteiger partial charge on any atom is 0.152 e. The van der Waals surface area contributed by atoms with Crippen LogP contribution in [0.25, 0.3) is 120 Å². The van der Waals surface area contributed by atoms with Gasteiger partial charge in [0.25, 0.3) is 0 Å². The fourth-order valence-corrected chi connectivity index (χ4v) is 12.1. The fraction of sp³-hybridized carbons (Fsp3) is 0. The molecule has 5 nitrogen and oxygen atoms in total. The molecule has 15 aromatic rings. The Kier molecular flexibility index (Phi) is 8.10. The molecule has 0 aliphatic carbocycles. The van der Waals surface area contributed by atoms with Gasteiger partial charge in [-0.1, -0.05) is 152 Å². The molecule has 0 amide bonds. The lowest BCUT2D eigenvalue weighted by molar-refractivity contribution is 0.477. The van der Waals surface area contributed by atoms with E-state index in [1.165, 1.54) is 92.5 Å². The van der Waals surface area contributed by atoms with Gasteiger partial charge in [-0.3, -0.25) is 4.57 Å². The van der Waals surface area contributed by atoms with Crippen LogP contribution in [0.3, 0.4) is 0 Å². The molecular weight excluding hydrogens is 877 g/mol. The van der Waals surface area contributed by atoms with Crippen LogP contribution in [0.2, 0.25) is 0 Å². The zero-order chi connectivity index (χ0) is 47.0. The van der Waals surface area contributed by atoms with E-state index in [9.17, 15) is 0 Å². The quantitative estimate of drug-likeness (QED) is 0.161. The zero-order valence-electron chi connectivity index (χ0n) is 38.8. The average molecular weight is 917 g/mol. The van der Waals surface area contributed by atoms with Crippen molar-refractivity contribution >= 4 is 104 Å². The van der Waals surface area contributed by atoms with E-state index in [1.54, 1.807) is 0 Å². The lowest BCUT2D eigenvalue weighted by Crippen LogP contribution is -2.15. The number of hydrogen-bond acceptors (Lipinski definition) is 3. The van der Waals surface area contributed by atoms with E-state index >= 15 is 0 Å². The number of pyridine rings is 1. The highest BCUT2D eigenvalue weighted by molar-refractivity contribution is 6.33. The minimum atomic E-state index is 0.817. The van der Waals surface area contributed by atoms with Crippen molar-refractivity contribution in [3.63, 3.8) is 0 Å². The Morgan fingerprint density at radius 3 is 1.86 bits per heavy atom. The number of nitrogens with zero attached hydrogens (tertiary/aromatic N) is 4. The third kappa shape index (κ3) is 5.56. The highest BCUT2D eigenvalue weighted by atomic mass is 16.5. The Labute approximate surface area is 413 Å². The number of para-hydroxylation sites is 4. The number of ether oxygens (including phenoxy) is 1. The summed E-state index contributed by atoms with van der Waals surface area (Å²) in [4.78, 5) is 7.19. The van der Waals surface area contributed by atoms with E-state index in [0.29, 0.717) is 0 Å². The topological polar surface area (TPSA) is 35.2 Å². The third-order valence-corrected chi connectivity index (χ3v) is 15.2. The summed E-state index contributed by atoms with van der Waals surface area (Å²) >= 11 is 0. The van der Waals surface area contributed by atoms with Crippen LogP contribution in [0.15, 0.2) is 243 Å². The van der Waals surface area contributed by atoms with Gasteiger partial charge in [0.2, 0.25) is 0 Å². The molecule has 3 aromatic heterocycles. The minimum absolute atomic E-state index is 0.817. The maximum atomic E-state index is 6.77. The SMILES string of the molecule is c1ccc(-n2c3ccccc3c3cc4cc(-n5c6ccccc6c6cc(-c7ccc8c(c7)Oc7ccccc7N8c7ccc(-c8cccc9ccccc89)cc7)ccc65)c5cccc6ccc(c4c65)c32)nc1. The number of rotatable bonds is 5. The predicted molar refractivity (Wildman–Crippen MR) is 300 cm³/mol. The summed E-state index contributed by atoms with van der Waals surface area (Å²) in [7, 11) is 0. The molecule has 0 spiro atoms. The Morgan fingerprint density at radius 1 is 0.333 bits per heavy atom. The van der Waals surface area contributed by atoms with Gasteiger partial charge in [-0.05, 0) is 140 Å². The maximum absolute atomic E-state index is 6.77. The Morgan fingerprint density at radius 2 is 0.986 bits per heavy atom.